The van der Waals surface area contributed by atoms with Gasteiger partial charge in [-0.25, -0.2) is 4.98 Å². The smallest absolute Gasteiger partial charge is 0.253 e. The van der Waals surface area contributed by atoms with E-state index in [1.165, 1.54) is 0 Å². The topological polar surface area (TPSA) is 89.9 Å². The van der Waals surface area contributed by atoms with E-state index in [2.05, 4.69) is 27.8 Å². The lowest BCUT2D eigenvalue weighted by molar-refractivity contribution is 0.0814. The maximum absolute atomic E-state index is 12.7. The molecular formula is C24H32ClN5O2. The summed E-state index contributed by atoms with van der Waals surface area (Å²) >= 11 is 5.77. The van der Waals surface area contributed by atoms with Gasteiger partial charge >= 0.3 is 0 Å². The highest BCUT2D eigenvalue weighted by Crippen LogP contribution is 2.14. The van der Waals surface area contributed by atoms with Gasteiger partial charge in [0.05, 0.1) is 18.4 Å². The lowest BCUT2D eigenvalue weighted by Crippen LogP contribution is -2.32. The molecule has 2 heterocycles. The Kier molecular flexibility index (Phi) is 9.02. The number of pyridine rings is 1. The Morgan fingerprint density at radius 2 is 2.09 bits per heavy atom. The van der Waals surface area contributed by atoms with E-state index in [0.717, 1.165) is 49.1 Å². The van der Waals surface area contributed by atoms with Crippen molar-refractivity contribution in [3.8, 4) is 0 Å². The predicted octanol–water partition coefficient (Wildman–Crippen LogP) is 3.19. The molecular weight excluding hydrogens is 426 g/mol. The first-order valence-corrected chi connectivity index (χ1v) is 11.5. The molecule has 1 aromatic carbocycles. The highest BCUT2D eigenvalue weighted by molar-refractivity contribution is 6.29. The van der Waals surface area contributed by atoms with Crippen LogP contribution in [0.2, 0.25) is 5.15 Å². The molecule has 172 valence electrons. The summed E-state index contributed by atoms with van der Waals surface area (Å²) in [6, 6.07) is 11.5. The first kappa shape index (κ1) is 24.2. The average molecular weight is 458 g/mol. The Balaban J connectivity index is 1.40. The van der Waals surface area contributed by atoms with Crippen LogP contribution in [0.1, 0.15) is 53.8 Å². The van der Waals surface area contributed by atoms with E-state index < -0.39 is 6.10 Å². The summed E-state index contributed by atoms with van der Waals surface area (Å²) in [6.07, 6.45) is 4.88. The summed E-state index contributed by atoms with van der Waals surface area (Å²) in [5.74, 6) is -0.00369. The second-order valence-electron chi connectivity index (χ2n) is 8.24. The quantitative estimate of drug-likeness (QED) is 0.356. The summed E-state index contributed by atoms with van der Waals surface area (Å²) in [4.78, 5) is 18.4. The number of aliphatic hydroxyl groups is 1. The number of carbonyl (C=O) groups excluding carboxylic acids is 1. The summed E-state index contributed by atoms with van der Waals surface area (Å²) in [7, 11) is 1.82. The number of aromatic nitrogens is 1. The van der Waals surface area contributed by atoms with Crippen LogP contribution in [0, 0.1) is 0 Å². The molecule has 2 atom stereocenters. The maximum atomic E-state index is 12.7. The average Bonchev–Trinajstić information content (AvgIpc) is 3.24. The number of hydrazone groups is 1. The fraction of sp³-hybridized carbons (Fsp3) is 0.458. The number of amides is 1. The van der Waals surface area contributed by atoms with Crippen molar-refractivity contribution in [3.05, 3.63) is 64.4 Å². The van der Waals surface area contributed by atoms with Crippen LogP contribution in [-0.2, 0) is 6.42 Å². The summed E-state index contributed by atoms with van der Waals surface area (Å²) in [6.45, 7) is 3.86. The molecule has 0 radical (unpaired) electrons. The Morgan fingerprint density at radius 3 is 2.78 bits per heavy atom. The van der Waals surface area contributed by atoms with Crippen LogP contribution in [-0.4, -0.2) is 59.3 Å². The van der Waals surface area contributed by atoms with Crippen LogP contribution in [0.3, 0.4) is 0 Å². The SMILES string of the molecule is CCCC1CC(CN(C)C(=O)c2ccc(CCNC[C@H](O)c3ccc(Cl)nc3)cc2)=NN1. The van der Waals surface area contributed by atoms with Crippen molar-refractivity contribution in [2.75, 3.05) is 26.7 Å². The number of rotatable bonds is 11. The van der Waals surface area contributed by atoms with Crippen molar-refractivity contribution >= 4 is 23.2 Å². The molecule has 0 fully saturated rings. The summed E-state index contributed by atoms with van der Waals surface area (Å²) in [5.41, 5.74) is 6.72. The molecule has 3 N–H and O–H groups in total. The van der Waals surface area contributed by atoms with Crippen molar-refractivity contribution in [3.63, 3.8) is 0 Å². The van der Waals surface area contributed by atoms with Gasteiger partial charge in [-0.05, 0) is 43.1 Å². The molecule has 0 spiro atoms. The number of halogens is 1. The minimum Gasteiger partial charge on any atom is -0.387 e. The van der Waals surface area contributed by atoms with E-state index in [1.54, 1.807) is 23.2 Å². The standard InChI is InChI=1S/C24H32ClN5O2/c1-3-4-20-13-21(29-28-20)16-30(2)24(32)18-7-5-17(6-8-18)11-12-26-15-22(31)19-9-10-23(25)27-14-19/h5-10,14,20,22,26,28,31H,3-4,11-13,15-16H2,1-2H3/t20?,22-/m0/s1. The zero-order valence-electron chi connectivity index (χ0n) is 18.7. The fourth-order valence-corrected chi connectivity index (χ4v) is 3.84. The molecule has 7 nitrogen and oxygen atoms in total. The second kappa shape index (κ2) is 11.9. The third-order valence-corrected chi connectivity index (χ3v) is 5.78. The number of hydrogen-bond donors (Lipinski definition) is 3. The molecule has 0 saturated heterocycles. The number of carbonyl (C=O) groups is 1. The molecule has 2 aromatic rings. The lowest BCUT2D eigenvalue weighted by atomic mass is 10.1. The molecule has 0 saturated carbocycles. The zero-order valence-corrected chi connectivity index (χ0v) is 19.5. The van der Waals surface area contributed by atoms with E-state index in [1.807, 2.05) is 31.3 Å². The van der Waals surface area contributed by atoms with Crippen molar-refractivity contribution in [1.29, 1.82) is 0 Å². The number of aliphatic hydroxyl groups excluding tert-OH is 1. The molecule has 0 aliphatic carbocycles. The summed E-state index contributed by atoms with van der Waals surface area (Å²) in [5, 5.41) is 18.2. The molecule has 0 bridgehead atoms. The van der Waals surface area contributed by atoms with Crippen LogP contribution in [0.5, 0.6) is 0 Å². The van der Waals surface area contributed by atoms with E-state index in [9.17, 15) is 9.90 Å². The third-order valence-electron chi connectivity index (χ3n) is 5.55. The van der Waals surface area contributed by atoms with Gasteiger partial charge in [0.2, 0.25) is 0 Å². The minimum atomic E-state index is -0.632. The van der Waals surface area contributed by atoms with Crippen molar-refractivity contribution < 1.29 is 9.90 Å². The van der Waals surface area contributed by atoms with E-state index in [0.29, 0.717) is 29.8 Å². The van der Waals surface area contributed by atoms with Gasteiger partial charge in [-0.3, -0.25) is 4.79 Å². The molecule has 3 rings (SSSR count). The molecule has 1 unspecified atom stereocenters. The van der Waals surface area contributed by atoms with Crippen molar-refractivity contribution in [1.82, 2.24) is 20.6 Å². The largest absolute Gasteiger partial charge is 0.387 e. The highest BCUT2D eigenvalue weighted by Gasteiger charge is 2.21. The molecule has 1 aliphatic heterocycles. The Morgan fingerprint density at radius 1 is 1.31 bits per heavy atom. The van der Waals surface area contributed by atoms with Crippen LogP contribution >= 0.6 is 11.6 Å². The normalized spacial score (nSPS) is 16.4. The first-order chi connectivity index (χ1) is 15.5. The van der Waals surface area contributed by atoms with Crippen LogP contribution in [0.15, 0.2) is 47.7 Å². The maximum Gasteiger partial charge on any atom is 0.253 e. The predicted molar refractivity (Wildman–Crippen MR) is 128 cm³/mol. The first-order valence-electron chi connectivity index (χ1n) is 11.1. The van der Waals surface area contributed by atoms with Crippen molar-refractivity contribution in [2.24, 2.45) is 5.10 Å². The summed E-state index contributed by atoms with van der Waals surface area (Å²) < 4.78 is 0. The highest BCUT2D eigenvalue weighted by atomic mass is 35.5. The monoisotopic (exact) mass is 457 g/mol. The van der Waals surface area contributed by atoms with Gasteiger partial charge in [0.25, 0.3) is 5.91 Å². The van der Waals surface area contributed by atoms with Gasteiger partial charge < -0.3 is 20.7 Å². The minimum absolute atomic E-state index is 0.00369. The van der Waals surface area contributed by atoms with Crippen LogP contribution in [0.25, 0.3) is 0 Å². The van der Waals surface area contributed by atoms with E-state index in [-0.39, 0.29) is 5.91 Å². The van der Waals surface area contributed by atoms with Gasteiger partial charge in [-0.2, -0.15) is 5.10 Å². The number of hydrogen-bond acceptors (Lipinski definition) is 6. The van der Waals surface area contributed by atoms with Gasteiger partial charge in [-0.1, -0.05) is 43.1 Å². The van der Waals surface area contributed by atoms with E-state index >= 15 is 0 Å². The molecule has 32 heavy (non-hydrogen) atoms. The number of nitrogens with zero attached hydrogens (tertiary/aromatic N) is 3. The second-order valence-corrected chi connectivity index (χ2v) is 8.63. The van der Waals surface area contributed by atoms with Gasteiger partial charge in [-0.15, -0.1) is 0 Å². The Labute approximate surface area is 194 Å². The zero-order chi connectivity index (χ0) is 22.9. The molecule has 1 aliphatic rings. The van der Waals surface area contributed by atoms with Crippen LogP contribution < -0.4 is 10.7 Å². The van der Waals surface area contributed by atoms with Gasteiger partial charge in [0.1, 0.15) is 5.15 Å². The lowest BCUT2D eigenvalue weighted by Gasteiger charge is -2.17. The molecule has 1 amide bonds. The fourth-order valence-electron chi connectivity index (χ4n) is 3.73. The number of benzene rings is 1. The van der Waals surface area contributed by atoms with Gasteiger partial charge in [0, 0.05) is 43.4 Å². The number of nitrogens with one attached hydrogen (secondary N) is 2. The molecule has 8 heteroatoms. The van der Waals surface area contributed by atoms with Crippen LogP contribution in [0.4, 0.5) is 0 Å². The van der Waals surface area contributed by atoms with Crippen molar-refractivity contribution in [2.45, 2.75) is 44.8 Å². The Hall–Kier alpha value is -2.48. The van der Waals surface area contributed by atoms with E-state index in [4.69, 9.17) is 11.6 Å². The molecule has 1 aromatic heterocycles. The Bertz CT molecular complexity index is 902. The third kappa shape index (κ3) is 7.02. The van der Waals surface area contributed by atoms with Gasteiger partial charge in [0.15, 0.2) is 0 Å².